The maximum absolute atomic E-state index is 5.34. The average molecular weight is 278 g/mol. The molecule has 0 aromatic heterocycles. The lowest BCUT2D eigenvalue weighted by Crippen LogP contribution is -2.35. The third-order valence-corrected chi connectivity index (χ3v) is 2.08. The molecule has 0 atom stereocenters. The number of hydrogen-bond acceptors (Lipinski definition) is 5. The molecule has 1 heterocycles. The van der Waals surface area contributed by atoms with E-state index in [4.69, 9.17) is 23.7 Å². The van der Waals surface area contributed by atoms with Gasteiger partial charge in [-0.3, -0.25) is 0 Å². The summed E-state index contributed by atoms with van der Waals surface area (Å²) in [5.74, 6) is 0. The predicted molar refractivity (Wildman–Crippen MR) is 73.5 cm³/mol. The van der Waals surface area contributed by atoms with Crippen LogP contribution in [0.2, 0.25) is 0 Å². The Morgan fingerprint density at radius 3 is 1.11 bits per heavy atom. The first-order valence-corrected chi connectivity index (χ1v) is 6.98. The fourth-order valence-corrected chi connectivity index (χ4v) is 1.70. The van der Waals surface area contributed by atoms with Crippen molar-refractivity contribution in [2.45, 2.75) is 92.8 Å². The van der Waals surface area contributed by atoms with E-state index in [0.29, 0.717) is 0 Å². The van der Waals surface area contributed by atoms with Crippen molar-refractivity contribution in [3.05, 3.63) is 0 Å². The van der Waals surface area contributed by atoms with Crippen molar-refractivity contribution in [3.63, 3.8) is 0 Å². The van der Waals surface area contributed by atoms with E-state index in [0.717, 1.165) is 0 Å². The van der Waals surface area contributed by atoms with E-state index in [2.05, 4.69) is 0 Å². The summed E-state index contributed by atoms with van der Waals surface area (Å²) in [7, 11) is 0. The van der Waals surface area contributed by atoms with Gasteiger partial charge in [-0.2, -0.15) is 0 Å². The molecular formula is C14H30O5. The summed E-state index contributed by atoms with van der Waals surface area (Å²) in [5, 5.41) is 0. The Hall–Kier alpha value is -0.200. The molecule has 1 aliphatic rings. The summed E-state index contributed by atoms with van der Waals surface area (Å²) in [6.45, 7) is 15.5. The highest BCUT2D eigenvalue weighted by molar-refractivity contribution is 4.45. The molecular weight excluding hydrogens is 248 g/mol. The first kappa shape index (κ1) is 18.8. The summed E-state index contributed by atoms with van der Waals surface area (Å²) in [6.07, 6.45) is -0.00116. The highest BCUT2D eigenvalue weighted by Gasteiger charge is 2.20. The van der Waals surface area contributed by atoms with E-state index in [1.54, 1.807) is 0 Å². The fourth-order valence-electron chi connectivity index (χ4n) is 1.70. The zero-order valence-electron chi connectivity index (χ0n) is 13.5. The monoisotopic (exact) mass is 278 g/mol. The topological polar surface area (TPSA) is 46.2 Å². The van der Waals surface area contributed by atoms with Crippen molar-refractivity contribution < 1.29 is 23.7 Å². The van der Waals surface area contributed by atoms with E-state index in [1.807, 2.05) is 55.4 Å². The molecule has 0 aliphatic carbocycles. The van der Waals surface area contributed by atoms with Crippen LogP contribution < -0.4 is 0 Å². The lowest BCUT2D eigenvalue weighted by molar-refractivity contribution is -0.367. The van der Waals surface area contributed by atoms with Crippen LogP contribution in [-0.2, 0) is 23.7 Å². The Kier molecular flexibility index (Phi) is 9.56. The third-order valence-electron chi connectivity index (χ3n) is 2.08. The van der Waals surface area contributed by atoms with Crippen molar-refractivity contribution in [2.75, 3.05) is 0 Å². The molecule has 1 fully saturated rings. The molecule has 0 amide bonds. The molecule has 5 nitrogen and oxygen atoms in total. The summed E-state index contributed by atoms with van der Waals surface area (Å²) >= 11 is 0. The minimum Gasteiger partial charge on any atom is -0.350 e. The van der Waals surface area contributed by atoms with Crippen molar-refractivity contribution >= 4 is 0 Å². The molecule has 0 spiro atoms. The minimum absolute atomic E-state index is 0.0833. The number of ether oxygens (including phenoxy) is 5. The van der Waals surface area contributed by atoms with Gasteiger partial charge in [0.05, 0.1) is 12.2 Å². The maximum Gasteiger partial charge on any atom is 0.161 e. The molecule has 0 radical (unpaired) electrons. The van der Waals surface area contributed by atoms with Gasteiger partial charge in [0.15, 0.2) is 25.2 Å². The average Bonchev–Trinajstić information content (AvgIpc) is 2.12. The van der Waals surface area contributed by atoms with Gasteiger partial charge in [0, 0.05) is 0 Å². The molecule has 1 rings (SSSR count). The van der Waals surface area contributed by atoms with Crippen molar-refractivity contribution in [2.24, 2.45) is 0 Å². The molecule has 0 saturated carbocycles. The Bertz CT molecular complexity index is 185. The highest BCUT2D eigenvalue weighted by Crippen LogP contribution is 2.13. The van der Waals surface area contributed by atoms with Gasteiger partial charge in [-0.15, -0.1) is 0 Å². The Morgan fingerprint density at radius 2 is 0.895 bits per heavy atom. The molecule has 0 N–H and O–H groups in total. The molecule has 0 aromatic carbocycles. The first-order chi connectivity index (χ1) is 8.70. The maximum atomic E-state index is 5.34. The minimum atomic E-state index is -0.135. The predicted octanol–water partition coefficient (Wildman–Crippen LogP) is 3.27. The quantitative estimate of drug-likeness (QED) is 0.739. The second kappa shape index (κ2) is 9.66. The van der Waals surface area contributed by atoms with Crippen LogP contribution in [0.3, 0.4) is 0 Å². The normalized spacial score (nSPS) is 27.6. The van der Waals surface area contributed by atoms with E-state index >= 15 is 0 Å². The van der Waals surface area contributed by atoms with Crippen LogP contribution in [0, 0.1) is 0 Å². The molecule has 0 aromatic rings. The SMILES string of the molecule is CC(C)OC(C)OC(C)C.CC1OC(C)OC(C)O1. The standard InChI is InChI=1S/C8H18O2.C6H12O3/c1-6(2)9-8(5)10-7(3)4;1-4-7-5(2)9-6(3)8-4/h6-8H,1-5H3;4-6H,1-3H3. The summed E-state index contributed by atoms with van der Waals surface area (Å²) in [5.41, 5.74) is 0. The van der Waals surface area contributed by atoms with E-state index in [-0.39, 0.29) is 37.4 Å². The van der Waals surface area contributed by atoms with E-state index in [9.17, 15) is 0 Å². The fraction of sp³-hybridized carbons (Fsp3) is 1.00. The first-order valence-electron chi connectivity index (χ1n) is 6.98. The smallest absolute Gasteiger partial charge is 0.161 e. The van der Waals surface area contributed by atoms with E-state index < -0.39 is 0 Å². The van der Waals surface area contributed by atoms with Gasteiger partial charge >= 0.3 is 0 Å². The van der Waals surface area contributed by atoms with Gasteiger partial charge in [-0.1, -0.05) is 0 Å². The zero-order chi connectivity index (χ0) is 15.0. The molecule has 19 heavy (non-hydrogen) atoms. The lowest BCUT2D eigenvalue weighted by atomic mass is 10.4. The van der Waals surface area contributed by atoms with Crippen LogP contribution in [0.5, 0.6) is 0 Å². The molecule has 0 bridgehead atoms. The lowest BCUT2D eigenvalue weighted by Gasteiger charge is -2.30. The number of rotatable bonds is 4. The van der Waals surface area contributed by atoms with Crippen LogP contribution in [0.25, 0.3) is 0 Å². The van der Waals surface area contributed by atoms with Crippen LogP contribution in [0.15, 0.2) is 0 Å². The van der Waals surface area contributed by atoms with Crippen molar-refractivity contribution in [1.82, 2.24) is 0 Å². The Labute approximate surface area is 117 Å². The Balaban J connectivity index is 0.000000342. The van der Waals surface area contributed by atoms with Crippen LogP contribution in [0.4, 0.5) is 0 Å². The van der Waals surface area contributed by atoms with Crippen LogP contribution >= 0.6 is 0 Å². The van der Waals surface area contributed by atoms with Gasteiger partial charge in [-0.25, -0.2) is 0 Å². The third kappa shape index (κ3) is 11.3. The van der Waals surface area contributed by atoms with Gasteiger partial charge in [-0.05, 0) is 55.4 Å². The van der Waals surface area contributed by atoms with Crippen molar-refractivity contribution in [1.29, 1.82) is 0 Å². The van der Waals surface area contributed by atoms with Gasteiger partial charge in [0.25, 0.3) is 0 Å². The Morgan fingerprint density at radius 1 is 0.632 bits per heavy atom. The second-order valence-corrected chi connectivity index (χ2v) is 5.05. The summed E-state index contributed by atoms with van der Waals surface area (Å²) in [4.78, 5) is 0. The molecule has 116 valence electrons. The van der Waals surface area contributed by atoms with Crippen molar-refractivity contribution in [3.8, 4) is 0 Å². The molecule has 5 heteroatoms. The number of hydrogen-bond donors (Lipinski definition) is 0. The van der Waals surface area contributed by atoms with Gasteiger partial charge < -0.3 is 23.7 Å². The summed E-state index contributed by atoms with van der Waals surface area (Å²) in [6, 6.07) is 0. The second-order valence-electron chi connectivity index (χ2n) is 5.05. The van der Waals surface area contributed by atoms with Crippen LogP contribution in [-0.4, -0.2) is 37.4 Å². The largest absolute Gasteiger partial charge is 0.350 e. The molecule has 1 aliphatic heterocycles. The molecule has 0 unspecified atom stereocenters. The van der Waals surface area contributed by atoms with Gasteiger partial charge in [0.2, 0.25) is 0 Å². The highest BCUT2D eigenvalue weighted by atomic mass is 16.9. The van der Waals surface area contributed by atoms with E-state index in [1.165, 1.54) is 0 Å². The summed E-state index contributed by atoms with van der Waals surface area (Å²) < 4.78 is 26.0. The molecule has 1 saturated heterocycles. The van der Waals surface area contributed by atoms with Crippen LogP contribution in [0.1, 0.15) is 55.4 Å². The van der Waals surface area contributed by atoms with Gasteiger partial charge in [0.1, 0.15) is 0 Å². The zero-order valence-corrected chi connectivity index (χ0v) is 13.5.